The SMILES string of the molecule is CN1CCN(c2ccc3cc(-c4nc5ccccc5s4)c(=O)oc3n2)CC1.O=c1oc2nc(N3CCNCC3)ccc2cc1-c1nc2c(Cl)cccc2s1. The van der Waals surface area contributed by atoms with E-state index in [9.17, 15) is 9.59 Å². The fraction of sp³-hybridized carbons (Fsp3) is 0.231. The van der Waals surface area contributed by atoms with Crippen LogP contribution in [0.2, 0.25) is 5.02 Å². The zero-order valence-electron chi connectivity index (χ0n) is 29.1. The molecule has 6 aromatic heterocycles. The quantitative estimate of drug-likeness (QED) is 0.203. The molecule has 15 heteroatoms. The number of rotatable bonds is 4. The molecule has 54 heavy (non-hydrogen) atoms. The van der Waals surface area contributed by atoms with Crippen molar-refractivity contribution in [1.29, 1.82) is 0 Å². The van der Waals surface area contributed by atoms with Crippen LogP contribution in [-0.4, -0.2) is 84.2 Å². The molecule has 0 unspecified atom stereocenters. The molecular weight excluding hydrogens is 744 g/mol. The zero-order chi connectivity index (χ0) is 36.8. The molecule has 2 aromatic carbocycles. The Morgan fingerprint density at radius 3 is 1.85 bits per heavy atom. The van der Waals surface area contributed by atoms with E-state index in [-0.39, 0.29) is 0 Å². The summed E-state index contributed by atoms with van der Waals surface area (Å²) in [6.07, 6.45) is 0. The van der Waals surface area contributed by atoms with Crippen molar-refractivity contribution in [3.8, 4) is 21.1 Å². The van der Waals surface area contributed by atoms with Gasteiger partial charge in [0, 0.05) is 63.1 Å². The van der Waals surface area contributed by atoms with E-state index in [0.29, 0.717) is 43.1 Å². The lowest BCUT2D eigenvalue weighted by Gasteiger charge is -2.33. The Morgan fingerprint density at radius 1 is 0.648 bits per heavy atom. The van der Waals surface area contributed by atoms with E-state index in [2.05, 4.69) is 47.0 Å². The van der Waals surface area contributed by atoms with Crippen LogP contribution in [0.1, 0.15) is 0 Å². The first-order valence-electron chi connectivity index (χ1n) is 17.6. The Labute approximate surface area is 321 Å². The van der Waals surface area contributed by atoms with Gasteiger partial charge in [0.1, 0.15) is 27.2 Å². The largest absolute Gasteiger partial charge is 0.403 e. The smallest absolute Gasteiger partial charge is 0.347 e. The first kappa shape index (κ1) is 34.5. The first-order chi connectivity index (χ1) is 26.4. The minimum atomic E-state index is -0.442. The summed E-state index contributed by atoms with van der Waals surface area (Å²) in [5, 5.41) is 6.74. The number of pyridine rings is 2. The molecule has 2 fully saturated rings. The van der Waals surface area contributed by atoms with Crippen LogP contribution in [0.25, 0.3) is 63.8 Å². The Morgan fingerprint density at radius 2 is 1.22 bits per heavy atom. The monoisotopic (exact) mass is 776 g/mol. The van der Waals surface area contributed by atoms with E-state index in [0.717, 1.165) is 89.7 Å². The Bertz CT molecular complexity index is 2750. The van der Waals surface area contributed by atoms with Crippen molar-refractivity contribution in [3.05, 3.63) is 105 Å². The number of hydrogen-bond donors (Lipinski definition) is 1. The highest BCUT2D eigenvalue weighted by Gasteiger charge is 2.19. The molecule has 0 atom stereocenters. The van der Waals surface area contributed by atoms with E-state index < -0.39 is 11.3 Å². The van der Waals surface area contributed by atoms with Crippen LogP contribution < -0.4 is 26.4 Å². The zero-order valence-corrected chi connectivity index (χ0v) is 31.5. The van der Waals surface area contributed by atoms with Crippen molar-refractivity contribution in [2.24, 2.45) is 0 Å². The second kappa shape index (κ2) is 14.5. The maximum atomic E-state index is 12.6. The third kappa shape index (κ3) is 6.82. The summed E-state index contributed by atoms with van der Waals surface area (Å²) in [5.41, 5.74) is 2.38. The molecule has 0 amide bonds. The van der Waals surface area contributed by atoms with E-state index >= 15 is 0 Å². The molecule has 2 aliphatic rings. The third-order valence-electron chi connectivity index (χ3n) is 9.56. The highest BCUT2D eigenvalue weighted by Crippen LogP contribution is 2.34. The molecule has 10 rings (SSSR count). The second-order valence-corrected chi connectivity index (χ2v) is 15.6. The van der Waals surface area contributed by atoms with E-state index in [1.165, 1.54) is 22.7 Å². The van der Waals surface area contributed by atoms with E-state index in [4.69, 9.17) is 20.4 Å². The predicted octanol–water partition coefficient (Wildman–Crippen LogP) is 6.74. The lowest BCUT2D eigenvalue weighted by atomic mass is 10.2. The Balaban J connectivity index is 0.000000142. The average Bonchev–Trinajstić information content (AvgIpc) is 3.84. The van der Waals surface area contributed by atoms with Crippen molar-refractivity contribution in [2.75, 3.05) is 69.2 Å². The maximum absolute atomic E-state index is 12.6. The summed E-state index contributed by atoms with van der Waals surface area (Å²) in [6.45, 7) is 7.44. The van der Waals surface area contributed by atoms with Crippen LogP contribution in [0.3, 0.4) is 0 Å². The second-order valence-electron chi connectivity index (χ2n) is 13.1. The molecule has 272 valence electrons. The molecule has 2 saturated heterocycles. The van der Waals surface area contributed by atoms with Gasteiger partial charge in [0.25, 0.3) is 0 Å². The van der Waals surface area contributed by atoms with Gasteiger partial charge in [-0.2, -0.15) is 9.97 Å². The number of halogens is 1. The Kier molecular flexibility index (Phi) is 9.29. The highest BCUT2D eigenvalue weighted by molar-refractivity contribution is 7.22. The molecule has 1 N–H and O–H groups in total. The van der Waals surface area contributed by atoms with Crippen molar-refractivity contribution in [2.45, 2.75) is 0 Å². The molecule has 0 aliphatic carbocycles. The number of thiazole rings is 2. The number of aromatic nitrogens is 4. The van der Waals surface area contributed by atoms with Crippen LogP contribution in [0.4, 0.5) is 11.6 Å². The topological polar surface area (TPSA) is 134 Å². The number of anilines is 2. The molecule has 12 nitrogen and oxygen atoms in total. The van der Waals surface area contributed by atoms with Crippen molar-refractivity contribution < 1.29 is 8.83 Å². The van der Waals surface area contributed by atoms with Crippen LogP contribution >= 0.6 is 34.3 Å². The highest BCUT2D eigenvalue weighted by atomic mass is 35.5. The van der Waals surface area contributed by atoms with Crippen LogP contribution in [0, 0.1) is 0 Å². The third-order valence-corrected chi connectivity index (χ3v) is 12.0. The standard InChI is InChI=1S/C20H18N4O2S.C19H15ClN4O2S/c1-23-8-10-24(11-9-23)17-7-6-13-12-14(20(25)26-18(13)22-17)19-21-15-4-2-3-5-16(15)27-19;20-13-2-1-3-14-16(13)23-18(27-14)12-10-11-4-5-15(22-17(11)26-19(12)25)24-8-6-21-7-9-24/h2-7,12H,8-11H2,1H3;1-5,10,21H,6-9H2. The molecule has 2 aliphatic heterocycles. The van der Waals surface area contributed by atoms with Crippen LogP contribution in [-0.2, 0) is 0 Å². The molecular formula is C39H33ClN8O4S2. The van der Waals surface area contributed by atoms with Gasteiger partial charge in [0.15, 0.2) is 0 Å². The van der Waals surface area contributed by atoms with Crippen molar-refractivity contribution in [1.82, 2.24) is 30.2 Å². The molecule has 0 radical (unpaired) electrons. The summed E-state index contributed by atoms with van der Waals surface area (Å²) in [4.78, 5) is 50.1. The van der Waals surface area contributed by atoms with Gasteiger partial charge in [-0.25, -0.2) is 19.6 Å². The summed E-state index contributed by atoms with van der Waals surface area (Å²) < 4.78 is 13.1. The number of likely N-dealkylation sites (N-methyl/N-ethyl adjacent to an activating group) is 1. The summed E-state index contributed by atoms with van der Waals surface area (Å²) in [5.74, 6) is 1.68. The number of para-hydroxylation sites is 2. The molecule has 0 spiro atoms. The van der Waals surface area contributed by atoms with Crippen LogP contribution in [0.5, 0.6) is 0 Å². The normalized spacial score (nSPS) is 15.3. The number of piperazine rings is 2. The Hall–Kier alpha value is -5.25. The molecule has 0 saturated carbocycles. The minimum absolute atomic E-state index is 0.346. The van der Waals surface area contributed by atoms with Gasteiger partial charge in [-0.05, 0) is 67.7 Å². The number of benzene rings is 2. The van der Waals surface area contributed by atoms with Crippen LogP contribution in [0.15, 0.2) is 97.3 Å². The molecule has 0 bridgehead atoms. The molecule has 8 aromatic rings. The lowest BCUT2D eigenvalue weighted by Crippen LogP contribution is -2.44. The number of nitrogens with one attached hydrogen (secondary N) is 1. The van der Waals surface area contributed by atoms with Gasteiger partial charge in [-0.1, -0.05) is 29.8 Å². The van der Waals surface area contributed by atoms with E-state index in [1.807, 2.05) is 66.7 Å². The van der Waals surface area contributed by atoms with Gasteiger partial charge in [0.05, 0.1) is 31.1 Å². The lowest BCUT2D eigenvalue weighted by molar-refractivity contribution is 0.312. The van der Waals surface area contributed by atoms with E-state index in [1.54, 1.807) is 12.1 Å². The maximum Gasteiger partial charge on any atom is 0.347 e. The minimum Gasteiger partial charge on any atom is -0.403 e. The van der Waals surface area contributed by atoms with Crippen molar-refractivity contribution >= 4 is 88.5 Å². The number of hydrogen-bond acceptors (Lipinski definition) is 14. The summed E-state index contributed by atoms with van der Waals surface area (Å²) in [6, 6.07) is 25.0. The fourth-order valence-corrected chi connectivity index (χ4v) is 8.82. The van der Waals surface area contributed by atoms with Gasteiger partial charge < -0.3 is 28.9 Å². The first-order valence-corrected chi connectivity index (χ1v) is 19.6. The van der Waals surface area contributed by atoms with Gasteiger partial charge in [0.2, 0.25) is 11.4 Å². The fourth-order valence-electron chi connectivity index (χ4n) is 6.58. The van der Waals surface area contributed by atoms with Crippen molar-refractivity contribution in [3.63, 3.8) is 0 Å². The molecule has 8 heterocycles. The average molecular weight is 777 g/mol. The summed E-state index contributed by atoms with van der Waals surface area (Å²) >= 11 is 9.12. The van der Waals surface area contributed by atoms with Gasteiger partial charge in [-0.15, -0.1) is 22.7 Å². The van der Waals surface area contributed by atoms with Gasteiger partial charge >= 0.3 is 11.3 Å². The number of fused-ring (bicyclic) bond motifs is 4. The number of nitrogens with zero attached hydrogens (tertiary/aromatic N) is 7. The summed E-state index contributed by atoms with van der Waals surface area (Å²) in [7, 11) is 2.12. The predicted molar refractivity (Wildman–Crippen MR) is 218 cm³/mol. The van der Waals surface area contributed by atoms with Gasteiger partial charge in [-0.3, -0.25) is 0 Å².